The highest BCUT2D eigenvalue weighted by molar-refractivity contribution is 9.10. The number of aromatic nitrogens is 3. The number of benzene rings is 2. The van der Waals surface area contributed by atoms with Gasteiger partial charge in [-0.25, -0.2) is 4.68 Å². The van der Waals surface area contributed by atoms with Gasteiger partial charge in [-0.15, -0.1) is 5.10 Å². The van der Waals surface area contributed by atoms with Crippen molar-refractivity contribution in [3.63, 3.8) is 0 Å². The van der Waals surface area contributed by atoms with E-state index in [2.05, 4.69) is 42.5 Å². The Hall–Kier alpha value is -2.71. The van der Waals surface area contributed by atoms with Gasteiger partial charge in [0.2, 0.25) is 0 Å². The summed E-state index contributed by atoms with van der Waals surface area (Å²) in [6.07, 6.45) is 4.00. The lowest BCUT2D eigenvalue weighted by Gasteiger charge is -2.28. The fraction of sp³-hybridized carbons (Fsp3) is 0.318. The van der Waals surface area contributed by atoms with E-state index in [1.807, 2.05) is 42.5 Å². The van der Waals surface area contributed by atoms with Gasteiger partial charge in [0.05, 0.1) is 25.0 Å². The molecule has 0 spiro atoms. The summed E-state index contributed by atoms with van der Waals surface area (Å²) in [6.45, 7) is 2.54. The number of hydrogen-bond donors (Lipinski definition) is 1. The van der Waals surface area contributed by atoms with Crippen LogP contribution in [0.15, 0.2) is 59.2 Å². The summed E-state index contributed by atoms with van der Waals surface area (Å²) in [5, 5.41) is 11.2. The average molecular weight is 470 g/mol. The Balaban J connectivity index is 1.48. The Bertz CT molecular complexity index is 1020. The van der Waals surface area contributed by atoms with E-state index in [1.54, 1.807) is 18.0 Å². The van der Waals surface area contributed by atoms with Gasteiger partial charge in [0, 0.05) is 11.0 Å². The first-order valence-corrected chi connectivity index (χ1v) is 10.8. The molecule has 1 aromatic heterocycles. The summed E-state index contributed by atoms with van der Waals surface area (Å²) in [5.41, 5.74) is 2.25. The third-order valence-electron chi connectivity index (χ3n) is 5.34. The van der Waals surface area contributed by atoms with Crippen LogP contribution in [-0.4, -0.2) is 52.5 Å². The van der Waals surface area contributed by atoms with E-state index in [0.717, 1.165) is 34.6 Å². The third kappa shape index (κ3) is 4.55. The number of rotatable bonds is 7. The number of nitrogens with zero attached hydrogens (tertiary/aromatic N) is 4. The molecule has 0 radical (unpaired) electrons. The standard InChI is InChI=1S/C22H24BrN5O2/c1-30-17-8-6-7-16(13-17)21(27-11-4-5-12-27)14-24-22(29)19-15-28(26-25-19)20-10-3-2-9-18(20)23/h2-3,6-10,13,15,21H,4-5,11-12,14H2,1H3,(H,24,29)/t21-/m1/s1. The van der Waals surface area contributed by atoms with E-state index in [1.165, 1.54) is 12.8 Å². The highest BCUT2D eigenvalue weighted by Gasteiger charge is 2.25. The largest absolute Gasteiger partial charge is 0.497 e. The number of halogens is 1. The smallest absolute Gasteiger partial charge is 0.273 e. The second-order valence-corrected chi connectivity index (χ2v) is 8.10. The lowest BCUT2D eigenvalue weighted by Crippen LogP contribution is -2.37. The number of carbonyl (C=O) groups is 1. The Labute approximate surface area is 184 Å². The zero-order chi connectivity index (χ0) is 20.9. The first-order valence-electron chi connectivity index (χ1n) is 9.99. The molecule has 7 nitrogen and oxygen atoms in total. The van der Waals surface area contributed by atoms with Crippen molar-refractivity contribution in [3.05, 3.63) is 70.5 Å². The summed E-state index contributed by atoms with van der Waals surface area (Å²) in [6, 6.07) is 15.8. The number of likely N-dealkylation sites (tertiary alicyclic amines) is 1. The van der Waals surface area contributed by atoms with Crippen molar-refractivity contribution in [1.82, 2.24) is 25.2 Å². The van der Waals surface area contributed by atoms with Crippen LogP contribution in [0.5, 0.6) is 5.75 Å². The van der Waals surface area contributed by atoms with Crippen molar-refractivity contribution < 1.29 is 9.53 Å². The minimum Gasteiger partial charge on any atom is -0.497 e. The van der Waals surface area contributed by atoms with Crippen LogP contribution in [0.4, 0.5) is 0 Å². The molecule has 1 aliphatic rings. The molecule has 3 aromatic rings. The predicted octanol–water partition coefficient (Wildman–Crippen LogP) is 3.61. The molecule has 30 heavy (non-hydrogen) atoms. The Morgan fingerprint density at radius 1 is 1.20 bits per heavy atom. The first-order chi connectivity index (χ1) is 14.7. The lowest BCUT2D eigenvalue weighted by atomic mass is 10.0. The number of nitrogens with one attached hydrogen (secondary N) is 1. The second-order valence-electron chi connectivity index (χ2n) is 7.25. The van der Waals surface area contributed by atoms with Crippen LogP contribution in [0.2, 0.25) is 0 Å². The molecule has 1 amide bonds. The summed E-state index contributed by atoms with van der Waals surface area (Å²) in [7, 11) is 1.67. The molecule has 4 rings (SSSR count). The van der Waals surface area contributed by atoms with Gasteiger partial charge in [0.1, 0.15) is 5.75 Å². The third-order valence-corrected chi connectivity index (χ3v) is 6.01. The maximum Gasteiger partial charge on any atom is 0.273 e. The molecule has 156 valence electrons. The van der Waals surface area contributed by atoms with Crippen LogP contribution in [-0.2, 0) is 0 Å². The van der Waals surface area contributed by atoms with Crippen molar-refractivity contribution in [3.8, 4) is 11.4 Å². The Morgan fingerprint density at radius 3 is 2.77 bits per heavy atom. The molecule has 1 fully saturated rings. The number of para-hydroxylation sites is 1. The highest BCUT2D eigenvalue weighted by Crippen LogP contribution is 2.27. The van der Waals surface area contributed by atoms with Gasteiger partial charge >= 0.3 is 0 Å². The molecule has 0 aliphatic carbocycles. The molecule has 1 saturated heterocycles. The summed E-state index contributed by atoms with van der Waals surface area (Å²) < 4.78 is 7.87. The van der Waals surface area contributed by atoms with E-state index < -0.39 is 0 Å². The van der Waals surface area contributed by atoms with E-state index in [9.17, 15) is 4.79 Å². The molecule has 2 heterocycles. The van der Waals surface area contributed by atoms with Gasteiger partial charge < -0.3 is 10.1 Å². The molecule has 0 bridgehead atoms. The van der Waals surface area contributed by atoms with Crippen LogP contribution >= 0.6 is 15.9 Å². The SMILES string of the molecule is COc1cccc([C@@H](CNC(=O)c2cn(-c3ccccc3Br)nn2)N2CCCC2)c1. The number of amides is 1. The predicted molar refractivity (Wildman–Crippen MR) is 118 cm³/mol. The van der Waals surface area contributed by atoms with Crippen LogP contribution in [0.3, 0.4) is 0 Å². The second kappa shape index (κ2) is 9.40. The fourth-order valence-corrected chi connectivity index (χ4v) is 4.23. The maximum atomic E-state index is 12.8. The van der Waals surface area contributed by atoms with Gasteiger partial charge in [-0.1, -0.05) is 29.5 Å². The maximum absolute atomic E-state index is 12.8. The van der Waals surface area contributed by atoms with Crippen LogP contribution in [0.1, 0.15) is 34.9 Å². The summed E-state index contributed by atoms with van der Waals surface area (Å²) in [5.74, 6) is 0.583. The lowest BCUT2D eigenvalue weighted by molar-refractivity contribution is 0.0933. The molecule has 1 atom stereocenters. The Kier molecular flexibility index (Phi) is 6.44. The minimum absolute atomic E-state index is 0.0878. The van der Waals surface area contributed by atoms with Crippen LogP contribution < -0.4 is 10.1 Å². The average Bonchev–Trinajstić information content (AvgIpc) is 3.47. The number of methoxy groups -OCH3 is 1. The summed E-state index contributed by atoms with van der Waals surface area (Å²) >= 11 is 3.50. The van der Waals surface area contributed by atoms with Gasteiger partial charge in [0.25, 0.3) is 5.91 Å². The number of carbonyl (C=O) groups excluding carboxylic acids is 1. The van der Waals surface area contributed by atoms with Gasteiger partial charge in [-0.3, -0.25) is 9.69 Å². The Morgan fingerprint density at radius 2 is 2.00 bits per heavy atom. The van der Waals surface area contributed by atoms with Gasteiger partial charge in [-0.2, -0.15) is 0 Å². The van der Waals surface area contributed by atoms with Crippen molar-refractivity contribution >= 4 is 21.8 Å². The molecule has 1 N–H and O–H groups in total. The van der Waals surface area contributed by atoms with Crippen molar-refractivity contribution in [2.45, 2.75) is 18.9 Å². The van der Waals surface area contributed by atoms with Gasteiger partial charge in [0.15, 0.2) is 5.69 Å². The molecule has 0 saturated carbocycles. The number of hydrogen-bond acceptors (Lipinski definition) is 5. The van der Waals surface area contributed by atoms with Crippen molar-refractivity contribution in [1.29, 1.82) is 0 Å². The highest BCUT2D eigenvalue weighted by atomic mass is 79.9. The quantitative estimate of drug-likeness (QED) is 0.572. The molecular formula is C22H24BrN5O2. The summed E-state index contributed by atoms with van der Waals surface area (Å²) in [4.78, 5) is 15.2. The monoisotopic (exact) mass is 469 g/mol. The van der Waals surface area contributed by atoms with Crippen LogP contribution in [0.25, 0.3) is 5.69 Å². The molecule has 1 aliphatic heterocycles. The van der Waals surface area contributed by atoms with E-state index in [4.69, 9.17) is 4.74 Å². The van der Waals surface area contributed by atoms with E-state index in [-0.39, 0.29) is 17.6 Å². The normalized spacial score (nSPS) is 15.1. The van der Waals surface area contributed by atoms with E-state index in [0.29, 0.717) is 6.54 Å². The minimum atomic E-state index is -0.236. The number of ether oxygens (including phenoxy) is 1. The van der Waals surface area contributed by atoms with E-state index >= 15 is 0 Å². The van der Waals surface area contributed by atoms with Gasteiger partial charge in [-0.05, 0) is 71.7 Å². The van der Waals surface area contributed by atoms with Crippen molar-refractivity contribution in [2.24, 2.45) is 0 Å². The fourth-order valence-electron chi connectivity index (χ4n) is 3.76. The topological polar surface area (TPSA) is 72.3 Å². The zero-order valence-electron chi connectivity index (χ0n) is 16.8. The van der Waals surface area contributed by atoms with Crippen molar-refractivity contribution in [2.75, 3.05) is 26.7 Å². The van der Waals surface area contributed by atoms with Crippen LogP contribution in [0, 0.1) is 0 Å². The first kappa shape index (κ1) is 20.6. The molecule has 0 unspecified atom stereocenters. The zero-order valence-corrected chi connectivity index (χ0v) is 18.4. The molecule has 2 aromatic carbocycles. The molecule has 8 heteroatoms. The molecular weight excluding hydrogens is 446 g/mol.